The molecule has 8 heteroatoms. The first-order valence-corrected chi connectivity index (χ1v) is 10.6. The number of nitrogens with zero attached hydrogens (tertiary/aromatic N) is 4. The van der Waals surface area contributed by atoms with Gasteiger partial charge in [0.1, 0.15) is 5.82 Å². The maximum atomic E-state index is 14.1. The van der Waals surface area contributed by atoms with Crippen LogP contribution in [-0.2, 0) is 13.5 Å². The number of para-hydroxylation sites is 1. The topological polar surface area (TPSA) is 59.8 Å². The van der Waals surface area contributed by atoms with E-state index in [1.54, 1.807) is 31.0 Å². The molecular weight excluding hydrogens is 411 g/mol. The summed E-state index contributed by atoms with van der Waals surface area (Å²) in [5.74, 6) is 1.00. The van der Waals surface area contributed by atoms with Gasteiger partial charge in [0, 0.05) is 50.8 Å². The highest BCUT2D eigenvalue weighted by molar-refractivity contribution is 5.97. The first-order valence-electron chi connectivity index (χ1n) is 10.6. The molecule has 5 rings (SSSR count). The molecule has 0 spiro atoms. The zero-order valence-electron chi connectivity index (χ0n) is 18.4. The summed E-state index contributed by atoms with van der Waals surface area (Å²) in [5, 5.41) is 4.58. The van der Waals surface area contributed by atoms with Crippen LogP contribution >= 0.6 is 0 Å². The number of carbonyl (C=O) groups is 1. The number of amides is 1. The van der Waals surface area contributed by atoms with E-state index in [-0.39, 0.29) is 11.7 Å². The number of aryl methyl sites for hydroxylation is 1. The minimum Gasteiger partial charge on any atom is -0.493 e. The number of piperazine rings is 1. The second kappa shape index (κ2) is 7.85. The van der Waals surface area contributed by atoms with Crippen LogP contribution in [0.4, 0.5) is 10.1 Å². The smallest absolute Gasteiger partial charge is 0.274 e. The maximum Gasteiger partial charge on any atom is 0.274 e. The zero-order valence-corrected chi connectivity index (χ0v) is 18.4. The van der Waals surface area contributed by atoms with Crippen LogP contribution in [0.3, 0.4) is 0 Å². The number of halogens is 1. The van der Waals surface area contributed by atoms with Crippen molar-refractivity contribution in [2.75, 3.05) is 45.3 Å². The number of anilines is 1. The molecule has 1 amide bonds. The fourth-order valence-electron chi connectivity index (χ4n) is 4.73. The van der Waals surface area contributed by atoms with Gasteiger partial charge in [-0.25, -0.2) is 4.39 Å². The number of fused-ring (bicyclic) bond motifs is 3. The standard InChI is InChI=1S/C24H25FN4O3/c1-27-23-16-14-21(32-3)20(31-2)13-15(16)12-17(23)22(26-27)24(30)29-10-8-28(9-11-29)19-7-5-4-6-18(19)25/h4-7,13-14H,8-12H2,1-3H3. The summed E-state index contributed by atoms with van der Waals surface area (Å²) < 4.78 is 26.8. The van der Waals surface area contributed by atoms with E-state index in [1.165, 1.54) is 6.07 Å². The Bertz CT molecular complexity index is 1200. The van der Waals surface area contributed by atoms with Gasteiger partial charge < -0.3 is 19.3 Å². The lowest BCUT2D eigenvalue weighted by Crippen LogP contribution is -2.49. The SMILES string of the molecule is COc1cc2c(cc1OC)-c1c(c(C(=O)N3CCN(c4ccccc4F)CC3)nn1C)C2. The number of benzene rings is 2. The van der Waals surface area contributed by atoms with Crippen molar-refractivity contribution in [1.29, 1.82) is 0 Å². The highest BCUT2D eigenvalue weighted by atomic mass is 19.1. The number of methoxy groups -OCH3 is 2. The van der Waals surface area contributed by atoms with Crippen LogP contribution in [0, 0.1) is 5.82 Å². The largest absolute Gasteiger partial charge is 0.493 e. The highest BCUT2D eigenvalue weighted by Crippen LogP contribution is 2.43. The molecule has 2 aliphatic rings. The highest BCUT2D eigenvalue weighted by Gasteiger charge is 2.33. The molecule has 0 N–H and O–H groups in total. The predicted octanol–water partition coefficient (Wildman–Crippen LogP) is 3.11. The van der Waals surface area contributed by atoms with Crippen molar-refractivity contribution in [3.63, 3.8) is 0 Å². The predicted molar refractivity (Wildman–Crippen MR) is 119 cm³/mol. The molecule has 3 aromatic rings. The average molecular weight is 436 g/mol. The number of carbonyl (C=O) groups excluding carboxylic acids is 1. The van der Waals surface area contributed by atoms with Crippen molar-refractivity contribution in [2.24, 2.45) is 7.05 Å². The van der Waals surface area contributed by atoms with Gasteiger partial charge in [-0.15, -0.1) is 0 Å². The first kappa shape index (κ1) is 20.4. The lowest BCUT2D eigenvalue weighted by molar-refractivity contribution is 0.0739. The van der Waals surface area contributed by atoms with Crippen LogP contribution < -0.4 is 14.4 Å². The molecule has 32 heavy (non-hydrogen) atoms. The fourth-order valence-corrected chi connectivity index (χ4v) is 4.73. The number of aromatic nitrogens is 2. The zero-order chi connectivity index (χ0) is 22.4. The number of hydrogen-bond acceptors (Lipinski definition) is 5. The average Bonchev–Trinajstić information content (AvgIpc) is 3.34. The van der Waals surface area contributed by atoms with Gasteiger partial charge in [-0.05, 0) is 29.8 Å². The third-order valence-corrected chi connectivity index (χ3v) is 6.34. The second-order valence-corrected chi connectivity index (χ2v) is 8.07. The molecule has 2 aromatic carbocycles. The number of hydrogen-bond donors (Lipinski definition) is 0. The van der Waals surface area contributed by atoms with Gasteiger partial charge in [0.2, 0.25) is 0 Å². The molecule has 2 heterocycles. The Labute approximate surface area is 185 Å². The van der Waals surface area contributed by atoms with E-state index < -0.39 is 0 Å². The molecule has 1 saturated heterocycles. The van der Waals surface area contributed by atoms with Crippen LogP contribution in [0.1, 0.15) is 21.6 Å². The van der Waals surface area contributed by atoms with Crippen molar-refractivity contribution < 1.29 is 18.7 Å². The molecule has 166 valence electrons. The molecule has 1 fully saturated rings. The first-order chi connectivity index (χ1) is 15.5. The molecular formula is C24H25FN4O3. The molecule has 0 atom stereocenters. The Morgan fingerprint density at radius 2 is 1.72 bits per heavy atom. The number of rotatable bonds is 4. The van der Waals surface area contributed by atoms with E-state index in [0.717, 1.165) is 22.4 Å². The van der Waals surface area contributed by atoms with Crippen LogP contribution in [-0.4, -0.2) is 61.0 Å². The summed E-state index contributed by atoms with van der Waals surface area (Å²) in [6, 6.07) is 10.7. The van der Waals surface area contributed by atoms with Crippen molar-refractivity contribution in [2.45, 2.75) is 6.42 Å². The van der Waals surface area contributed by atoms with Gasteiger partial charge in [0.05, 0.1) is 25.6 Å². The molecule has 1 aromatic heterocycles. The maximum absolute atomic E-state index is 14.1. The van der Waals surface area contributed by atoms with Crippen molar-refractivity contribution in [3.05, 3.63) is 59.0 Å². The molecule has 7 nitrogen and oxygen atoms in total. The third-order valence-electron chi connectivity index (χ3n) is 6.34. The van der Waals surface area contributed by atoms with Crippen molar-refractivity contribution in [3.8, 4) is 22.8 Å². The lowest BCUT2D eigenvalue weighted by atomic mass is 10.1. The summed E-state index contributed by atoms with van der Waals surface area (Å²) in [6.07, 6.45) is 0.620. The van der Waals surface area contributed by atoms with Gasteiger partial charge >= 0.3 is 0 Å². The van der Waals surface area contributed by atoms with Gasteiger partial charge in [0.25, 0.3) is 5.91 Å². The molecule has 1 aliphatic carbocycles. The molecule has 0 unspecified atom stereocenters. The Hall–Kier alpha value is -3.55. The quantitative estimate of drug-likeness (QED) is 0.492. The van der Waals surface area contributed by atoms with E-state index in [1.807, 2.05) is 35.0 Å². The van der Waals surface area contributed by atoms with Crippen molar-refractivity contribution in [1.82, 2.24) is 14.7 Å². The fraction of sp³-hybridized carbons (Fsp3) is 0.333. The minimum atomic E-state index is -0.238. The molecule has 1 aliphatic heterocycles. The summed E-state index contributed by atoms with van der Waals surface area (Å²) in [5.41, 5.74) is 5.03. The second-order valence-electron chi connectivity index (χ2n) is 8.07. The van der Waals surface area contributed by atoms with Crippen LogP contribution in [0.15, 0.2) is 36.4 Å². The number of ether oxygens (including phenoxy) is 2. The Balaban J connectivity index is 1.38. The minimum absolute atomic E-state index is 0.0817. The van der Waals surface area contributed by atoms with Gasteiger partial charge in [0.15, 0.2) is 17.2 Å². The van der Waals surface area contributed by atoms with Crippen LogP contribution in [0.2, 0.25) is 0 Å². The summed E-state index contributed by atoms with van der Waals surface area (Å²) in [6.45, 7) is 2.20. The Kier molecular flexibility index (Phi) is 5.00. The normalized spacial score (nSPS) is 14.9. The van der Waals surface area contributed by atoms with E-state index in [9.17, 15) is 9.18 Å². The van der Waals surface area contributed by atoms with E-state index in [2.05, 4.69) is 5.10 Å². The monoisotopic (exact) mass is 436 g/mol. The van der Waals surface area contributed by atoms with Gasteiger partial charge in [-0.2, -0.15) is 5.10 Å². The Morgan fingerprint density at radius 3 is 2.41 bits per heavy atom. The van der Waals surface area contributed by atoms with E-state index in [4.69, 9.17) is 9.47 Å². The summed E-state index contributed by atoms with van der Waals surface area (Å²) >= 11 is 0. The summed E-state index contributed by atoms with van der Waals surface area (Å²) in [7, 11) is 5.08. The molecule has 0 bridgehead atoms. The van der Waals surface area contributed by atoms with Gasteiger partial charge in [-0.3, -0.25) is 9.48 Å². The van der Waals surface area contributed by atoms with Crippen molar-refractivity contribution >= 4 is 11.6 Å². The van der Waals surface area contributed by atoms with E-state index in [0.29, 0.717) is 55.5 Å². The third kappa shape index (κ3) is 3.18. The molecule has 0 saturated carbocycles. The Morgan fingerprint density at radius 1 is 1.03 bits per heavy atom. The van der Waals surface area contributed by atoms with Crippen LogP contribution in [0.25, 0.3) is 11.3 Å². The lowest BCUT2D eigenvalue weighted by Gasteiger charge is -2.36. The summed E-state index contributed by atoms with van der Waals surface area (Å²) in [4.78, 5) is 17.2. The van der Waals surface area contributed by atoms with Crippen LogP contribution in [0.5, 0.6) is 11.5 Å². The molecule has 0 radical (unpaired) electrons. The van der Waals surface area contributed by atoms with E-state index >= 15 is 0 Å². The van der Waals surface area contributed by atoms with Gasteiger partial charge in [-0.1, -0.05) is 12.1 Å².